The Morgan fingerprint density at radius 1 is 1.29 bits per heavy atom. The molecule has 0 aliphatic carbocycles. The minimum atomic E-state index is 0.837. The van der Waals surface area contributed by atoms with Crippen LogP contribution in [0.15, 0.2) is 16.8 Å². The van der Waals surface area contributed by atoms with Crippen molar-refractivity contribution in [1.29, 1.82) is 0 Å². The van der Waals surface area contributed by atoms with Crippen molar-refractivity contribution in [2.45, 2.75) is 18.9 Å². The summed E-state index contributed by atoms with van der Waals surface area (Å²) in [5.74, 6) is 0. The highest BCUT2D eigenvalue weighted by molar-refractivity contribution is 7.08. The summed E-state index contributed by atoms with van der Waals surface area (Å²) in [6.07, 6.45) is 2.81. The Balaban J connectivity index is 1.73. The van der Waals surface area contributed by atoms with E-state index in [4.69, 9.17) is 0 Å². The third-order valence-electron chi connectivity index (χ3n) is 3.46. The first kappa shape index (κ1) is 8.74. The molecule has 0 amide bonds. The standard InChI is InChI=1S/C11H16N2S/c1-2-10-8-13(6-5-12(10)4-1)11-3-7-14-9-11/h3,7,9-10H,1-2,4-6,8H2. The molecule has 2 nitrogen and oxygen atoms in total. The lowest BCUT2D eigenvalue weighted by Crippen LogP contribution is -2.50. The Morgan fingerprint density at radius 3 is 3.14 bits per heavy atom. The summed E-state index contributed by atoms with van der Waals surface area (Å²) in [6.45, 7) is 5.06. The molecule has 2 saturated heterocycles. The molecule has 76 valence electrons. The van der Waals surface area contributed by atoms with Crippen LogP contribution in [0.3, 0.4) is 0 Å². The molecule has 2 aliphatic rings. The minimum absolute atomic E-state index is 0.837. The number of rotatable bonds is 1. The molecule has 3 rings (SSSR count). The van der Waals surface area contributed by atoms with Gasteiger partial charge in [0.25, 0.3) is 0 Å². The van der Waals surface area contributed by atoms with E-state index < -0.39 is 0 Å². The normalized spacial score (nSPS) is 28.0. The van der Waals surface area contributed by atoms with Gasteiger partial charge in [-0.25, -0.2) is 0 Å². The monoisotopic (exact) mass is 208 g/mol. The molecule has 1 unspecified atom stereocenters. The summed E-state index contributed by atoms with van der Waals surface area (Å²) < 4.78 is 0. The van der Waals surface area contributed by atoms with Crippen LogP contribution < -0.4 is 4.90 Å². The maximum atomic E-state index is 2.66. The summed E-state index contributed by atoms with van der Waals surface area (Å²) in [6, 6.07) is 3.08. The molecule has 3 heteroatoms. The van der Waals surface area contributed by atoms with Crippen LogP contribution in [0.2, 0.25) is 0 Å². The van der Waals surface area contributed by atoms with Crippen molar-refractivity contribution >= 4 is 17.0 Å². The number of piperazine rings is 1. The largest absolute Gasteiger partial charge is 0.368 e. The molecule has 1 aromatic rings. The molecule has 1 aromatic heterocycles. The summed E-state index contributed by atoms with van der Waals surface area (Å²) >= 11 is 1.80. The number of hydrogen-bond donors (Lipinski definition) is 0. The van der Waals surface area contributed by atoms with E-state index in [1.54, 1.807) is 11.3 Å². The van der Waals surface area contributed by atoms with E-state index in [1.165, 1.54) is 44.7 Å². The van der Waals surface area contributed by atoms with E-state index in [2.05, 4.69) is 26.6 Å². The van der Waals surface area contributed by atoms with Gasteiger partial charge in [0, 0.05) is 36.7 Å². The van der Waals surface area contributed by atoms with Crippen LogP contribution in [0.4, 0.5) is 5.69 Å². The molecular formula is C11H16N2S. The van der Waals surface area contributed by atoms with Crippen LogP contribution in [0.25, 0.3) is 0 Å². The van der Waals surface area contributed by atoms with E-state index in [0.717, 1.165) is 6.04 Å². The van der Waals surface area contributed by atoms with Gasteiger partial charge in [-0.15, -0.1) is 0 Å². The smallest absolute Gasteiger partial charge is 0.0475 e. The predicted octanol–water partition coefficient (Wildman–Crippen LogP) is 2.03. The van der Waals surface area contributed by atoms with E-state index in [1.807, 2.05) is 0 Å². The summed E-state index contributed by atoms with van der Waals surface area (Å²) in [7, 11) is 0. The van der Waals surface area contributed by atoms with Crippen LogP contribution in [-0.4, -0.2) is 37.1 Å². The van der Waals surface area contributed by atoms with Crippen molar-refractivity contribution in [3.63, 3.8) is 0 Å². The molecule has 0 saturated carbocycles. The number of anilines is 1. The van der Waals surface area contributed by atoms with Crippen LogP contribution in [0.1, 0.15) is 12.8 Å². The van der Waals surface area contributed by atoms with Gasteiger partial charge in [-0.1, -0.05) is 0 Å². The first-order chi connectivity index (χ1) is 6.93. The zero-order valence-corrected chi connectivity index (χ0v) is 9.17. The van der Waals surface area contributed by atoms with Gasteiger partial charge in [0.1, 0.15) is 0 Å². The van der Waals surface area contributed by atoms with Crippen LogP contribution in [-0.2, 0) is 0 Å². The second-order valence-corrected chi connectivity index (χ2v) is 5.04. The second kappa shape index (κ2) is 3.55. The van der Waals surface area contributed by atoms with Gasteiger partial charge in [-0.05, 0) is 30.8 Å². The average Bonchev–Trinajstić information content (AvgIpc) is 2.88. The highest BCUT2D eigenvalue weighted by Crippen LogP contribution is 2.26. The van der Waals surface area contributed by atoms with Crippen LogP contribution in [0, 0.1) is 0 Å². The Morgan fingerprint density at radius 2 is 2.29 bits per heavy atom. The number of fused-ring (bicyclic) bond motifs is 1. The fourth-order valence-corrected chi connectivity index (χ4v) is 3.33. The lowest BCUT2D eigenvalue weighted by molar-refractivity contribution is 0.231. The van der Waals surface area contributed by atoms with E-state index in [-0.39, 0.29) is 0 Å². The van der Waals surface area contributed by atoms with E-state index >= 15 is 0 Å². The lowest BCUT2D eigenvalue weighted by Gasteiger charge is -2.38. The Hall–Kier alpha value is -0.540. The van der Waals surface area contributed by atoms with Crippen LogP contribution >= 0.6 is 11.3 Å². The Bertz CT molecular complexity index is 296. The molecule has 0 spiro atoms. The maximum absolute atomic E-state index is 2.66. The van der Waals surface area contributed by atoms with Crippen molar-refractivity contribution in [2.24, 2.45) is 0 Å². The molecule has 2 aliphatic heterocycles. The molecular weight excluding hydrogens is 192 g/mol. The minimum Gasteiger partial charge on any atom is -0.368 e. The van der Waals surface area contributed by atoms with Gasteiger partial charge >= 0.3 is 0 Å². The lowest BCUT2D eigenvalue weighted by atomic mass is 10.1. The molecule has 0 radical (unpaired) electrons. The number of hydrogen-bond acceptors (Lipinski definition) is 3. The summed E-state index contributed by atoms with van der Waals surface area (Å²) in [5.41, 5.74) is 1.43. The summed E-state index contributed by atoms with van der Waals surface area (Å²) in [5, 5.41) is 4.45. The Kier molecular flexibility index (Phi) is 2.22. The van der Waals surface area contributed by atoms with Gasteiger partial charge < -0.3 is 4.90 Å². The molecule has 3 heterocycles. The van der Waals surface area contributed by atoms with E-state index in [0.29, 0.717) is 0 Å². The number of thiophene rings is 1. The van der Waals surface area contributed by atoms with Gasteiger partial charge in [0.05, 0.1) is 0 Å². The zero-order valence-electron chi connectivity index (χ0n) is 8.35. The molecule has 0 bridgehead atoms. The fourth-order valence-electron chi connectivity index (χ4n) is 2.66. The quantitative estimate of drug-likeness (QED) is 0.697. The van der Waals surface area contributed by atoms with Crippen molar-refractivity contribution in [2.75, 3.05) is 31.1 Å². The molecule has 14 heavy (non-hydrogen) atoms. The van der Waals surface area contributed by atoms with Gasteiger partial charge in [-0.3, -0.25) is 4.90 Å². The summed E-state index contributed by atoms with van der Waals surface area (Å²) in [4.78, 5) is 5.20. The van der Waals surface area contributed by atoms with Crippen molar-refractivity contribution in [3.05, 3.63) is 16.8 Å². The topological polar surface area (TPSA) is 6.48 Å². The van der Waals surface area contributed by atoms with Crippen molar-refractivity contribution < 1.29 is 0 Å². The van der Waals surface area contributed by atoms with Gasteiger partial charge in [0.2, 0.25) is 0 Å². The fraction of sp³-hybridized carbons (Fsp3) is 0.636. The highest BCUT2D eigenvalue weighted by atomic mass is 32.1. The maximum Gasteiger partial charge on any atom is 0.0475 e. The average molecular weight is 208 g/mol. The molecule has 2 fully saturated rings. The van der Waals surface area contributed by atoms with Crippen LogP contribution in [0.5, 0.6) is 0 Å². The first-order valence-electron chi connectivity index (χ1n) is 5.45. The SMILES string of the molecule is c1cc(N2CCN3CCCC3C2)cs1. The zero-order chi connectivity index (χ0) is 9.38. The first-order valence-corrected chi connectivity index (χ1v) is 6.39. The molecule has 0 aromatic carbocycles. The third kappa shape index (κ3) is 1.44. The Labute approximate surface area is 89.1 Å². The third-order valence-corrected chi connectivity index (χ3v) is 4.13. The van der Waals surface area contributed by atoms with Gasteiger partial charge in [0.15, 0.2) is 0 Å². The van der Waals surface area contributed by atoms with Gasteiger partial charge in [-0.2, -0.15) is 11.3 Å². The molecule has 0 N–H and O–H groups in total. The molecule has 1 atom stereocenters. The van der Waals surface area contributed by atoms with Crippen molar-refractivity contribution in [3.8, 4) is 0 Å². The predicted molar refractivity (Wildman–Crippen MR) is 61.1 cm³/mol. The van der Waals surface area contributed by atoms with Crippen molar-refractivity contribution in [1.82, 2.24) is 4.90 Å². The second-order valence-electron chi connectivity index (χ2n) is 4.26. The van der Waals surface area contributed by atoms with E-state index in [9.17, 15) is 0 Å². The highest BCUT2D eigenvalue weighted by Gasteiger charge is 2.30. The number of nitrogens with zero attached hydrogens (tertiary/aromatic N) is 2.